The average molecular weight is 289 g/mol. The summed E-state index contributed by atoms with van der Waals surface area (Å²) in [5.41, 5.74) is 9.28. The molecule has 0 amide bonds. The third-order valence-corrected chi connectivity index (χ3v) is 5.22. The number of thioether (sulfide) groups is 1. The first-order chi connectivity index (χ1) is 9.69. The summed E-state index contributed by atoms with van der Waals surface area (Å²) in [4.78, 5) is 4.94. The van der Waals surface area contributed by atoms with Crippen LogP contribution < -0.4 is 5.73 Å². The molecule has 3 nitrogen and oxygen atoms in total. The second-order valence-electron chi connectivity index (χ2n) is 6.00. The van der Waals surface area contributed by atoms with Gasteiger partial charge in [0.1, 0.15) is 5.82 Å². The fourth-order valence-corrected chi connectivity index (χ4v) is 4.19. The van der Waals surface area contributed by atoms with Crippen LogP contribution in [-0.4, -0.2) is 15.3 Å². The van der Waals surface area contributed by atoms with E-state index in [1.54, 1.807) is 0 Å². The molecule has 1 aromatic carbocycles. The summed E-state index contributed by atoms with van der Waals surface area (Å²) < 4.78 is 2.43. The van der Waals surface area contributed by atoms with Crippen LogP contribution in [0.25, 0.3) is 11.0 Å². The van der Waals surface area contributed by atoms with Crippen molar-refractivity contribution in [1.29, 1.82) is 0 Å². The van der Waals surface area contributed by atoms with Crippen LogP contribution in [0.15, 0.2) is 18.2 Å². The minimum absolute atomic E-state index is 0.572. The summed E-state index contributed by atoms with van der Waals surface area (Å²) >= 11 is 2.05. The lowest BCUT2D eigenvalue weighted by Crippen LogP contribution is -2.10. The average Bonchev–Trinajstić information content (AvgIpc) is 3.05. The Morgan fingerprint density at radius 1 is 1.45 bits per heavy atom. The predicted molar refractivity (Wildman–Crippen MR) is 86.9 cm³/mol. The summed E-state index contributed by atoms with van der Waals surface area (Å²) in [6, 6.07) is 6.47. The Bertz CT molecular complexity index is 597. The van der Waals surface area contributed by atoms with E-state index in [1.807, 2.05) is 0 Å². The van der Waals surface area contributed by atoms with Gasteiger partial charge in [0.05, 0.1) is 16.3 Å². The van der Waals surface area contributed by atoms with Crippen molar-refractivity contribution in [2.24, 2.45) is 11.7 Å². The van der Waals surface area contributed by atoms with E-state index in [2.05, 4.69) is 48.4 Å². The Morgan fingerprint density at radius 2 is 2.30 bits per heavy atom. The van der Waals surface area contributed by atoms with Gasteiger partial charge in [-0.25, -0.2) is 4.98 Å². The van der Waals surface area contributed by atoms with Gasteiger partial charge in [-0.05, 0) is 42.2 Å². The highest BCUT2D eigenvalue weighted by molar-refractivity contribution is 7.99. The molecule has 2 N–H and O–H groups in total. The normalized spacial score (nSPS) is 19.3. The molecule has 2 heterocycles. The molecule has 0 aliphatic carbocycles. The fraction of sp³-hybridized carbons (Fsp3) is 0.562. The van der Waals surface area contributed by atoms with Crippen LogP contribution in [0.2, 0.25) is 0 Å². The largest absolute Gasteiger partial charge is 0.327 e. The fourth-order valence-electron chi connectivity index (χ4n) is 2.91. The molecule has 0 spiro atoms. The van der Waals surface area contributed by atoms with Gasteiger partial charge in [0.2, 0.25) is 0 Å². The van der Waals surface area contributed by atoms with Crippen LogP contribution in [0.3, 0.4) is 0 Å². The van der Waals surface area contributed by atoms with E-state index in [-0.39, 0.29) is 0 Å². The van der Waals surface area contributed by atoms with Gasteiger partial charge >= 0.3 is 0 Å². The SMILES string of the molecule is CC(C)Cn1c(C2CCCS2)nc2cc(CN)ccc21. The Labute approximate surface area is 124 Å². The highest BCUT2D eigenvalue weighted by Crippen LogP contribution is 2.40. The highest BCUT2D eigenvalue weighted by Gasteiger charge is 2.24. The van der Waals surface area contributed by atoms with Gasteiger partial charge in [-0.3, -0.25) is 0 Å². The van der Waals surface area contributed by atoms with Gasteiger partial charge in [-0.15, -0.1) is 0 Å². The van der Waals surface area contributed by atoms with Gasteiger partial charge in [-0.2, -0.15) is 11.8 Å². The van der Waals surface area contributed by atoms with Gasteiger partial charge in [0.15, 0.2) is 0 Å². The summed E-state index contributed by atoms with van der Waals surface area (Å²) in [6.07, 6.45) is 2.57. The van der Waals surface area contributed by atoms with Crippen molar-refractivity contribution in [3.05, 3.63) is 29.6 Å². The van der Waals surface area contributed by atoms with E-state index < -0.39 is 0 Å². The number of imidazole rings is 1. The minimum Gasteiger partial charge on any atom is -0.327 e. The lowest BCUT2D eigenvalue weighted by molar-refractivity contribution is 0.513. The zero-order valence-electron chi connectivity index (χ0n) is 12.3. The summed E-state index contributed by atoms with van der Waals surface area (Å²) in [6.45, 7) is 6.17. The first-order valence-corrected chi connectivity index (χ1v) is 8.54. The lowest BCUT2D eigenvalue weighted by Gasteiger charge is -2.15. The number of nitrogens with zero attached hydrogens (tertiary/aromatic N) is 2. The molecule has 0 radical (unpaired) electrons. The zero-order chi connectivity index (χ0) is 14.1. The molecular weight excluding hydrogens is 266 g/mol. The van der Waals surface area contributed by atoms with E-state index in [0.29, 0.717) is 17.7 Å². The van der Waals surface area contributed by atoms with E-state index in [1.165, 1.54) is 29.9 Å². The van der Waals surface area contributed by atoms with E-state index in [4.69, 9.17) is 10.7 Å². The molecule has 1 aliphatic rings. The molecule has 0 bridgehead atoms. The topological polar surface area (TPSA) is 43.8 Å². The summed E-state index contributed by atoms with van der Waals surface area (Å²) in [7, 11) is 0. The van der Waals surface area contributed by atoms with Crippen LogP contribution in [0, 0.1) is 5.92 Å². The monoisotopic (exact) mass is 289 g/mol. The summed E-state index contributed by atoms with van der Waals surface area (Å²) in [5.74, 6) is 3.17. The molecule has 20 heavy (non-hydrogen) atoms. The van der Waals surface area contributed by atoms with Crippen molar-refractivity contribution in [2.75, 3.05) is 5.75 Å². The molecule has 1 atom stereocenters. The molecule has 1 saturated heterocycles. The van der Waals surface area contributed by atoms with E-state index in [9.17, 15) is 0 Å². The van der Waals surface area contributed by atoms with Crippen molar-refractivity contribution < 1.29 is 0 Å². The Hall–Kier alpha value is -1.00. The molecule has 4 heteroatoms. The maximum absolute atomic E-state index is 5.75. The molecule has 1 fully saturated rings. The molecule has 2 aromatic rings. The van der Waals surface area contributed by atoms with Crippen molar-refractivity contribution in [3.63, 3.8) is 0 Å². The molecule has 3 rings (SSSR count). The second-order valence-corrected chi connectivity index (χ2v) is 7.31. The lowest BCUT2D eigenvalue weighted by atomic mass is 10.2. The molecule has 108 valence electrons. The van der Waals surface area contributed by atoms with Crippen LogP contribution in [-0.2, 0) is 13.1 Å². The first kappa shape index (κ1) is 14.0. The summed E-state index contributed by atoms with van der Waals surface area (Å²) in [5, 5.41) is 0.572. The van der Waals surface area contributed by atoms with Crippen molar-refractivity contribution in [1.82, 2.24) is 9.55 Å². The maximum atomic E-state index is 5.75. The third-order valence-electron chi connectivity index (χ3n) is 3.84. The zero-order valence-corrected chi connectivity index (χ0v) is 13.1. The number of benzene rings is 1. The molecule has 1 aromatic heterocycles. The Balaban J connectivity index is 2.10. The standard InChI is InChI=1S/C16H23N3S/c1-11(2)10-19-14-6-5-12(9-17)8-13(14)18-16(19)15-4-3-7-20-15/h5-6,8,11,15H,3-4,7,9-10,17H2,1-2H3. The van der Waals surface area contributed by atoms with Crippen LogP contribution in [0.5, 0.6) is 0 Å². The van der Waals surface area contributed by atoms with Gasteiger partial charge < -0.3 is 10.3 Å². The number of hydrogen-bond donors (Lipinski definition) is 1. The molecule has 0 saturated carbocycles. The molecular formula is C16H23N3S. The van der Waals surface area contributed by atoms with Crippen LogP contribution in [0.1, 0.15) is 43.3 Å². The van der Waals surface area contributed by atoms with Gasteiger partial charge in [0, 0.05) is 13.1 Å². The van der Waals surface area contributed by atoms with E-state index >= 15 is 0 Å². The number of aromatic nitrogens is 2. The first-order valence-electron chi connectivity index (χ1n) is 7.49. The smallest absolute Gasteiger partial charge is 0.123 e. The van der Waals surface area contributed by atoms with Gasteiger partial charge in [-0.1, -0.05) is 19.9 Å². The number of hydrogen-bond acceptors (Lipinski definition) is 3. The second kappa shape index (κ2) is 5.78. The van der Waals surface area contributed by atoms with Crippen molar-refractivity contribution in [3.8, 4) is 0 Å². The van der Waals surface area contributed by atoms with Crippen molar-refractivity contribution in [2.45, 2.75) is 45.0 Å². The van der Waals surface area contributed by atoms with Gasteiger partial charge in [0.25, 0.3) is 0 Å². The molecule has 1 unspecified atom stereocenters. The van der Waals surface area contributed by atoms with E-state index in [0.717, 1.165) is 17.6 Å². The Morgan fingerprint density at radius 3 is 2.95 bits per heavy atom. The predicted octanol–water partition coefficient (Wildman–Crippen LogP) is 3.72. The number of rotatable bonds is 4. The van der Waals surface area contributed by atoms with Crippen molar-refractivity contribution >= 4 is 22.8 Å². The number of fused-ring (bicyclic) bond motifs is 1. The quantitative estimate of drug-likeness (QED) is 0.933. The molecule has 1 aliphatic heterocycles. The number of nitrogens with two attached hydrogens (primary N) is 1. The third kappa shape index (κ3) is 2.59. The minimum atomic E-state index is 0.572. The maximum Gasteiger partial charge on any atom is 0.123 e. The Kier molecular flexibility index (Phi) is 4.03. The van der Waals surface area contributed by atoms with Crippen LogP contribution in [0.4, 0.5) is 0 Å². The highest BCUT2D eigenvalue weighted by atomic mass is 32.2. The van der Waals surface area contributed by atoms with Crippen LogP contribution >= 0.6 is 11.8 Å².